The molecule has 3 aromatic rings. The van der Waals surface area contributed by atoms with Gasteiger partial charge in [-0.3, -0.25) is 4.40 Å². The zero-order valence-corrected chi connectivity index (χ0v) is 11.9. The number of nitrogens with zero attached hydrogens (tertiary/aromatic N) is 4. The van der Waals surface area contributed by atoms with Crippen molar-refractivity contribution in [2.75, 3.05) is 0 Å². The summed E-state index contributed by atoms with van der Waals surface area (Å²) >= 11 is 15.1. The average Bonchev–Trinajstić information content (AvgIpc) is 2.75. The fraction of sp³-hybridized carbons (Fsp3) is 0. The Balaban J connectivity index is 2.22. The fourth-order valence-corrected chi connectivity index (χ4v) is 2.24. The maximum Gasteiger partial charge on any atom is 0.169 e. The number of fused-ring (bicyclic) bond motifs is 1. The van der Waals surface area contributed by atoms with Gasteiger partial charge in [-0.1, -0.05) is 23.2 Å². The van der Waals surface area contributed by atoms with Crippen molar-refractivity contribution < 1.29 is 0 Å². The summed E-state index contributed by atoms with van der Waals surface area (Å²) in [7, 11) is 0. The molecule has 0 atom stereocenters. The molecule has 0 aliphatic rings. The second-order valence-electron chi connectivity index (χ2n) is 3.59. The first-order valence-corrected chi connectivity index (χ1v) is 6.52. The van der Waals surface area contributed by atoms with Gasteiger partial charge in [0.05, 0.1) is 5.02 Å². The van der Waals surface area contributed by atoms with Crippen molar-refractivity contribution in [1.82, 2.24) is 19.6 Å². The van der Waals surface area contributed by atoms with Crippen molar-refractivity contribution in [3.8, 4) is 11.4 Å². The molecule has 2 aromatic heterocycles. The molecule has 0 N–H and O–H groups in total. The highest BCUT2D eigenvalue weighted by Crippen LogP contribution is 2.28. The van der Waals surface area contributed by atoms with Crippen molar-refractivity contribution in [3.05, 3.63) is 45.2 Å². The van der Waals surface area contributed by atoms with Gasteiger partial charge in [0.2, 0.25) is 0 Å². The number of rotatable bonds is 1. The van der Waals surface area contributed by atoms with E-state index >= 15 is 0 Å². The van der Waals surface area contributed by atoms with Gasteiger partial charge >= 0.3 is 0 Å². The van der Waals surface area contributed by atoms with Crippen molar-refractivity contribution in [3.63, 3.8) is 0 Å². The van der Waals surface area contributed by atoms with E-state index in [1.807, 2.05) is 12.1 Å². The van der Waals surface area contributed by atoms with Crippen LogP contribution in [0.15, 0.2) is 35.1 Å². The second kappa shape index (κ2) is 4.50. The SMILES string of the molecule is Clc1cc2nnc(-c3ccc(Cl)c(Br)c3)n2cn1. The van der Waals surface area contributed by atoms with Crippen molar-refractivity contribution in [2.45, 2.75) is 0 Å². The number of benzene rings is 1. The molecule has 3 rings (SSSR count). The van der Waals surface area contributed by atoms with Gasteiger partial charge in [0.1, 0.15) is 11.5 Å². The van der Waals surface area contributed by atoms with E-state index in [0.717, 1.165) is 10.0 Å². The van der Waals surface area contributed by atoms with Gasteiger partial charge in [0.15, 0.2) is 11.5 Å². The molecule has 1 aromatic carbocycles. The quantitative estimate of drug-likeness (QED) is 0.630. The molecule has 0 saturated heterocycles. The lowest BCUT2D eigenvalue weighted by atomic mass is 10.2. The van der Waals surface area contributed by atoms with Crippen LogP contribution in [0, 0.1) is 0 Å². The highest BCUT2D eigenvalue weighted by molar-refractivity contribution is 9.10. The van der Waals surface area contributed by atoms with E-state index in [-0.39, 0.29) is 0 Å². The Morgan fingerprint density at radius 2 is 1.94 bits per heavy atom. The summed E-state index contributed by atoms with van der Waals surface area (Å²) in [5, 5.41) is 9.21. The maximum absolute atomic E-state index is 5.96. The lowest BCUT2D eigenvalue weighted by Gasteiger charge is -2.01. The van der Waals surface area contributed by atoms with Gasteiger partial charge in [-0.05, 0) is 34.1 Å². The number of halogens is 3. The summed E-state index contributed by atoms with van der Waals surface area (Å²) in [4.78, 5) is 4.02. The van der Waals surface area contributed by atoms with Crippen LogP contribution in [0.2, 0.25) is 10.2 Å². The molecule has 18 heavy (non-hydrogen) atoms. The van der Waals surface area contributed by atoms with Crippen LogP contribution in [0.3, 0.4) is 0 Å². The van der Waals surface area contributed by atoms with E-state index in [9.17, 15) is 0 Å². The summed E-state index contributed by atoms with van der Waals surface area (Å²) < 4.78 is 2.57. The summed E-state index contributed by atoms with van der Waals surface area (Å²) in [6, 6.07) is 7.21. The number of hydrogen-bond donors (Lipinski definition) is 0. The average molecular weight is 344 g/mol. The van der Waals surface area contributed by atoms with Crippen LogP contribution in [0.1, 0.15) is 0 Å². The van der Waals surface area contributed by atoms with Crippen molar-refractivity contribution >= 4 is 44.8 Å². The van der Waals surface area contributed by atoms with Crippen LogP contribution >= 0.6 is 39.1 Å². The lowest BCUT2D eigenvalue weighted by molar-refractivity contribution is 1.08. The number of aromatic nitrogens is 4. The Hall–Kier alpha value is -1.17. The summed E-state index contributed by atoms with van der Waals surface area (Å²) in [5.74, 6) is 0.687. The van der Waals surface area contributed by atoms with E-state index in [4.69, 9.17) is 23.2 Å². The van der Waals surface area contributed by atoms with Gasteiger partial charge in [-0.25, -0.2) is 4.98 Å². The molecule has 0 amide bonds. The molecule has 0 fully saturated rings. The molecular formula is C11H5BrCl2N4. The van der Waals surface area contributed by atoms with Gasteiger partial charge in [-0.15, -0.1) is 10.2 Å². The van der Waals surface area contributed by atoms with Gasteiger partial charge in [0.25, 0.3) is 0 Å². The summed E-state index contributed by atoms with van der Waals surface area (Å²) in [5.41, 5.74) is 1.54. The Morgan fingerprint density at radius 3 is 2.72 bits per heavy atom. The Morgan fingerprint density at radius 1 is 1.11 bits per heavy atom. The van der Waals surface area contributed by atoms with E-state index in [2.05, 4.69) is 31.1 Å². The first-order chi connectivity index (χ1) is 8.65. The highest BCUT2D eigenvalue weighted by atomic mass is 79.9. The van der Waals surface area contributed by atoms with Crippen molar-refractivity contribution in [2.24, 2.45) is 0 Å². The highest BCUT2D eigenvalue weighted by Gasteiger charge is 2.10. The van der Waals surface area contributed by atoms with Gasteiger partial charge in [-0.2, -0.15) is 0 Å². The zero-order chi connectivity index (χ0) is 12.7. The first-order valence-electron chi connectivity index (χ1n) is 4.97. The van der Waals surface area contributed by atoms with E-state index in [1.54, 1.807) is 22.9 Å². The topological polar surface area (TPSA) is 43.1 Å². The normalized spacial score (nSPS) is 11.1. The summed E-state index contributed by atoms with van der Waals surface area (Å²) in [6.07, 6.45) is 1.59. The standard InChI is InChI=1S/C11H5BrCl2N4/c12-7-3-6(1-2-8(7)13)11-17-16-10-4-9(14)15-5-18(10)11/h1-5H. The van der Waals surface area contributed by atoms with E-state index in [1.165, 1.54) is 0 Å². The minimum atomic E-state index is 0.388. The molecule has 0 aliphatic heterocycles. The van der Waals surface area contributed by atoms with Crippen molar-refractivity contribution in [1.29, 1.82) is 0 Å². The molecule has 0 saturated carbocycles. The van der Waals surface area contributed by atoms with Crippen LogP contribution in [-0.2, 0) is 0 Å². The van der Waals surface area contributed by atoms with Gasteiger partial charge < -0.3 is 0 Å². The smallest absolute Gasteiger partial charge is 0.169 e. The maximum atomic E-state index is 5.96. The monoisotopic (exact) mass is 342 g/mol. The Labute approximate surface area is 121 Å². The second-order valence-corrected chi connectivity index (χ2v) is 5.24. The third kappa shape index (κ3) is 1.98. The van der Waals surface area contributed by atoms with Crippen LogP contribution in [-0.4, -0.2) is 19.6 Å². The number of hydrogen-bond acceptors (Lipinski definition) is 3. The minimum Gasteiger partial charge on any atom is -0.265 e. The Bertz CT molecular complexity index is 741. The minimum absolute atomic E-state index is 0.388. The zero-order valence-electron chi connectivity index (χ0n) is 8.81. The largest absolute Gasteiger partial charge is 0.265 e. The molecule has 0 aliphatic carbocycles. The van der Waals surface area contributed by atoms with Gasteiger partial charge in [0, 0.05) is 16.1 Å². The predicted molar refractivity (Wildman–Crippen MR) is 73.9 cm³/mol. The third-order valence-electron chi connectivity index (χ3n) is 2.44. The first kappa shape index (κ1) is 11.9. The predicted octanol–water partition coefficient (Wildman–Crippen LogP) is 3.86. The molecule has 90 valence electrons. The fourth-order valence-electron chi connectivity index (χ4n) is 1.60. The molecule has 0 unspecified atom stereocenters. The molecule has 4 nitrogen and oxygen atoms in total. The van der Waals surface area contributed by atoms with E-state index < -0.39 is 0 Å². The summed E-state index contributed by atoms with van der Waals surface area (Å²) in [6.45, 7) is 0. The van der Waals surface area contributed by atoms with Crippen LogP contribution in [0.4, 0.5) is 0 Å². The lowest BCUT2D eigenvalue weighted by Crippen LogP contribution is -1.91. The molecule has 2 heterocycles. The molecule has 0 radical (unpaired) electrons. The third-order valence-corrected chi connectivity index (χ3v) is 3.87. The van der Waals surface area contributed by atoms with Crippen LogP contribution in [0.5, 0.6) is 0 Å². The molecule has 0 spiro atoms. The molecular weight excluding hydrogens is 339 g/mol. The van der Waals surface area contributed by atoms with E-state index in [0.29, 0.717) is 21.6 Å². The van der Waals surface area contributed by atoms with Crippen LogP contribution in [0.25, 0.3) is 17.0 Å². The van der Waals surface area contributed by atoms with Crippen LogP contribution < -0.4 is 0 Å². The Kier molecular flexibility index (Phi) is 2.97. The molecule has 7 heteroatoms. The molecule has 0 bridgehead atoms.